The van der Waals surface area contributed by atoms with Gasteiger partial charge in [0, 0.05) is 5.56 Å². The summed E-state index contributed by atoms with van der Waals surface area (Å²) in [6, 6.07) is 0. The Bertz CT molecular complexity index is 974. The van der Waals surface area contributed by atoms with Crippen LogP contribution in [0.15, 0.2) is 0 Å². The van der Waals surface area contributed by atoms with E-state index in [4.69, 9.17) is 0 Å². The molecule has 3 saturated carbocycles. The molecule has 3 fully saturated rings. The maximum atomic E-state index is 11.7. The van der Waals surface area contributed by atoms with E-state index in [9.17, 15) is 30.0 Å². The molecular weight excluding hydrogens is 432 g/mol. The van der Waals surface area contributed by atoms with Crippen molar-refractivity contribution >= 4 is 12.6 Å². The predicted molar refractivity (Wildman–Crippen MR) is 129 cm³/mol. The molecule has 0 radical (unpaired) electrons. The van der Waals surface area contributed by atoms with Gasteiger partial charge in [-0.2, -0.15) is 0 Å². The summed E-state index contributed by atoms with van der Waals surface area (Å²) in [5, 5.41) is 44.1. The van der Waals surface area contributed by atoms with Crippen LogP contribution in [-0.2, 0) is 0 Å². The molecule has 0 saturated heterocycles. The summed E-state index contributed by atoms with van der Waals surface area (Å²) >= 11 is 0. The highest BCUT2D eigenvalue weighted by atomic mass is 16.3. The quantitative estimate of drug-likeness (QED) is 0.412. The Morgan fingerprint density at radius 3 is 1.97 bits per heavy atom. The number of aliphatic hydroxyl groups is 1. The highest BCUT2D eigenvalue weighted by molar-refractivity contribution is 5.95. The van der Waals surface area contributed by atoms with Gasteiger partial charge in [0.1, 0.15) is 17.2 Å². The number of fused-ring (bicyclic) bond motifs is 3. The zero-order valence-electron chi connectivity index (χ0n) is 21.3. The first kappa shape index (κ1) is 25.0. The minimum atomic E-state index is -0.800. The molecule has 3 aliphatic rings. The molecule has 3 aliphatic carbocycles. The molecule has 4 N–H and O–H groups in total. The Kier molecular flexibility index (Phi) is 5.87. The van der Waals surface area contributed by atoms with Crippen LogP contribution in [0.2, 0.25) is 0 Å². The minimum Gasteiger partial charge on any atom is -0.507 e. The fourth-order valence-electron chi connectivity index (χ4n) is 8.48. The first-order chi connectivity index (χ1) is 15.7. The predicted octanol–water partition coefficient (Wildman–Crippen LogP) is 5.41. The van der Waals surface area contributed by atoms with Gasteiger partial charge in [-0.15, -0.1) is 0 Å². The SMILES string of the molecule is CC(C)C[C@H](c1c(O)c(C=O)c(O)c(C=O)c1O)[C@@H]1CC[C@@](C)(O)[C@@H]2[C@H]3[C@@H](CC[C@]21C)C3(C)C. The Labute approximate surface area is 202 Å². The van der Waals surface area contributed by atoms with Gasteiger partial charge in [-0.25, -0.2) is 0 Å². The Morgan fingerprint density at radius 1 is 0.912 bits per heavy atom. The van der Waals surface area contributed by atoms with Crippen LogP contribution in [0.5, 0.6) is 17.2 Å². The molecule has 4 rings (SSSR count). The van der Waals surface area contributed by atoms with Crippen LogP contribution in [0.25, 0.3) is 0 Å². The number of carbonyl (C=O) groups is 2. The molecule has 6 heteroatoms. The van der Waals surface area contributed by atoms with E-state index in [1.165, 1.54) is 0 Å². The molecule has 34 heavy (non-hydrogen) atoms. The van der Waals surface area contributed by atoms with Gasteiger partial charge in [-0.1, -0.05) is 34.6 Å². The van der Waals surface area contributed by atoms with Crippen LogP contribution in [-0.4, -0.2) is 38.6 Å². The maximum Gasteiger partial charge on any atom is 0.157 e. The standard InChI is InChI=1S/C28H40O6/c1-14(2)11-15(20-23(32)16(12-29)22(31)17(13-30)24(20)33)18-8-10-28(6,34)25-21-19(26(21,3)4)7-9-27(18,25)5/h12-15,18-19,21,25,31-34H,7-11H2,1-6H3/t15-,18-,19+,21+,25+,27-,28+/m0/s1. The third-order valence-corrected chi connectivity index (χ3v) is 10.0. The lowest BCUT2D eigenvalue weighted by atomic mass is 9.47. The van der Waals surface area contributed by atoms with Crippen molar-refractivity contribution in [3.05, 3.63) is 16.7 Å². The van der Waals surface area contributed by atoms with E-state index in [1.807, 2.05) is 6.92 Å². The Hall–Kier alpha value is -2.08. The first-order valence-electron chi connectivity index (χ1n) is 12.7. The van der Waals surface area contributed by atoms with Crippen molar-refractivity contribution in [2.24, 2.45) is 40.4 Å². The summed E-state index contributed by atoms with van der Waals surface area (Å²) in [5.74, 6) is -0.575. The average Bonchev–Trinajstić information content (AvgIpc) is 3.27. The number of phenols is 3. The van der Waals surface area contributed by atoms with Crippen molar-refractivity contribution in [1.82, 2.24) is 0 Å². The summed E-state index contributed by atoms with van der Waals surface area (Å²) in [5.41, 5.74) is -1.40. The molecule has 0 heterocycles. The normalized spacial score (nSPS) is 36.9. The zero-order chi connectivity index (χ0) is 25.4. The van der Waals surface area contributed by atoms with Crippen molar-refractivity contribution in [3.8, 4) is 17.2 Å². The summed E-state index contributed by atoms with van der Waals surface area (Å²) in [4.78, 5) is 23.5. The summed E-state index contributed by atoms with van der Waals surface area (Å²) in [6.45, 7) is 13.0. The van der Waals surface area contributed by atoms with Gasteiger partial charge in [0.2, 0.25) is 0 Å². The topological polar surface area (TPSA) is 115 Å². The van der Waals surface area contributed by atoms with E-state index in [0.717, 1.165) is 12.8 Å². The number of aldehydes is 2. The van der Waals surface area contributed by atoms with Crippen LogP contribution in [0.3, 0.4) is 0 Å². The van der Waals surface area contributed by atoms with E-state index in [0.29, 0.717) is 43.7 Å². The van der Waals surface area contributed by atoms with Crippen LogP contribution in [0.4, 0.5) is 0 Å². The van der Waals surface area contributed by atoms with Crippen molar-refractivity contribution in [2.45, 2.75) is 85.2 Å². The van der Waals surface area contributed by atoms with Crippen molar-refractivity contribution in [1.29, 1.82) is 0 Å². The molecule has 7 atom stereocenters. The molecule has 0 aromatic heterocycles. The number of benzene rings is 1. The van der Waals surface area contributed by atoms with Crippen LogP contribution in [0.1, 0.15) is 106 Å². The lowest BCUT2D eigenvalue weighted by Gasteiger charge is -2.59. The van der Waals surface area contributed by atoms with Gasteiger partial charge in [0.25, 0.3) is 0 Å². The largest absolute Gasteiger partial charge is 0.507 e. The molecule has 0 amide bonds. The third kappa shape index (κ3) is 3.39. The van der Waals surface area contributed by atoms with E-state index >= 15 is 0 Å². The lowest BCUT2D eigenvalue weighted by Crippen LogP contribution is -2.56. The van der Waals surface area contributed by atoms with Crippen molar-refractivity contribution in [2.75, 3.05) is 0 Å². The van der Waals surface area contributed by atoms with Gasteiger partial charge >= 0.3 is 0 Å². The van der Waals surface area contributed by atoms with Gasteiger partial charge < -0.3 is 20.4 Å². The summed E-state index contributed by atoms with van der Waals surface area (Å²) < 4.78 is 0. The molecule has 0 aliphatic heterocycles. The monoisotopic (exact) mass is 472 g/mol. The van der Waals surface area contributed by atoms with Gasteiger partial charge in [-0.3, -0.25) is 9.59 Å². The maximum absolute atomic E-state index is 11.7. The number of phenolic OH excluding ortho intramolecular Hbond substituents is 3. The minimum absolute atomic E-state index is 0.0258. The van der Waals surface area contributed by atoms with Gasteiger partial charge in [-0.05, 0) is 85.4 Å². The molecule has 1 aromatic carbocycles. The molecule has 6 nitrogen and oxygen atoms in total. The summed E-state index contributed by atoms with van der Waals surface area (Å²) in [6.07, 6.45) is 4.66. The highest BCUT2D eigenvalue weighted by Crippen LogP contribution is 2.76. The molecule has 188 valence electrons. The zero-order valence-corrected chi connectivity index (χ0v) is 21.3. The second-order valence-electron chi connectivity index (χ2n) is 12.7. The Morgan fingerprint density at radius 2 is 1.47 bits per heavy atom. The van der Waals surface area contributed by atoms with Crippen molar-refractivity contribution in [3.63, 3.8) is 0 Å². The molecular formula is C28H40O6. The average molecular weight is 473 g/mol. The molecule has 1 aromatic rings. The smallest absolute Gasteiger partial charge is 0.157 e. The molecule has 0 spiro atoms. The lowest BCUT2D eigenvalue weighted by molar-refractivity contribution is -0.155. The molecule has 0 bridgehead atoms. The van der Waals surface area contributed by atoms with Gasteiger partial charge in [0.15, 0.2) is 12.6 Å². The van der Waals surface area contributed by atoms with E-state index in [1.54, 1.807) is 0 Å². The summed E-state index contributed by atoms with van der Waals surface area (Å²) in [7, 11) is 0. The van der Waals surface area contributed by atoms with Gasteiger partial charge in [0.05, 0.1) is 16.7 Å². The second kappa shape index (κ2) is 7.97. The third-order valence-electron chi connectivity index (χ3n) is 10.0. The number of hydrogen-bond acceptors (Lipinski definition) is 6. The van der Waals surface area contributed by atoms with Crippen LogP contribution < -0.4 is 0 Å². The number of carbonyl (C=O) groups excluding carboxylic acids is 2. The number of rotatable bonds is 6. The number of hydrogen-bond donors (Lipinski definition) is 4. The van der Waals surface area contributed by atoms with Crippen molar-refractivity contribution < 1.29 is 30.0 Å². The van der Waals surface area contributed by atoms with E-state index < -0.39 is 22.8 Å². The van der Waals surface area contributed by atoms with Crippen LogP contribution in [0, 0.1) is 40.4 Å². The Balaban J connectivity index is 1.90. The fourth-order valence-corrected chi connectivity index (χ4v) is 8.48. The first-order valence-corrected chi connectivity index (χ1v) is 12.7. The van der Waals surface area contributed by atoms with E-state index in [-0.39, 0.29) is 51.2 Å². The fraction of sp³-hybridized carbons (Fsp3) is 0.714. The van der Waals surface area contributed by atoms with Crippen LogP contribution >= 0.6 is 0 Å². The van der Waals surface area contributed by atoms with E-state index in [2.05, 4.69) is 34.6 Å². The second-order valence-corrected chi connectivity index (χ2v) is 12.7. The molecule has 0 unspecified atom stereocenters. The highest BCUT2D eigenvalue weighted by Gasteiger charge is 2.72. The number of aromatic hydroxyl groups is 3.